The lowest BCUT2D eigenvalue weighted by molar-refractivity contribution is 0.0953. The first-order valence-corrected chi connectivity index (χ1v) is 13.2. The number of anilines is 1. The minimum atomic E-state index is -3.91. The Labute approximate surface area is 193 Å². The van der Waals surface area contributed by atoms with Crippen LogP contribution in [0.5, 0.6) is 5.75 Å². The standard InChI is InChI=1S/C23H24N2O6S2/c1-31-20-13-11-19(12-14-20)25-33(29,30)22-10-5-7-18(17-22)23(26)24-15-6-16-32(27,28)21-8-3-2-4-9-21/h2-5,7-14,17,25H,6,15-16H2,1H3,(H,24,26). The quantitative estimate of drug-likeness (QED) is 0.424. The number of ether oxygens (including phenoxy) is 1. The van der Waals surface area contributed by atoms with Gasteiger partial charge in [-0.1, -0.05) is 24.3 Å². The molecule has 174 valence electrons. The molecule has 0 saturated heterocycles. The molecule has 3 aromatic rings. The van der Waals surface area contributed by atoms with Crippen LogP contribution in [0.2, 0.25) is 0 Å². The van der Waals surface area contributed by atoms with Crippen molar-refractivity contribution in [2.24, 2.45) is 0 Å². The molecule has 0 radical (unpaired) electrons. The highest BCUT2D eigenvalue weighted by atomic mass is 32.2. The molecule has 8 nitrogen and oxygen atoms in total. The maximum absolute atomic E-state index is 12.7. The first-order valence-electron chi connectivity index (χ1n) is 10.0. The first kappa shape index (κ1) is 24.3. The maximum atomic E-state index is 12.7. The van der Waals surface area contributed by atoms with E-state index in [1.807, 2.05) is 0 Å². The minimum Gasteiger partial charge on any atom is -0.497 e. The smallest absolute Gasteiger partial charge is 0.261 e. The van der Waals surface area contributed by atoms with E-state index in [1.54, 1.807) is 42.5 Å². The number of carbonyl (C=O) groups excluding carboxylic acids is 1. The van der Waals surface area contributed by atoms with E-state index in [4.69, 9.17) is 4.74 Å². The van der Waals surface area contributed by atoms with Crippen molar-refractivity contribution in [3.8, 4) is 5.75 Å². The highest BCUT2D eigenvalue weighted by Crippen LogP contribution is 2.20. The van der Waals surface area contributed by atoms with E-state index >= 15 is 0 Å². The van der Waals surface area contributed by atoms with Crippen LogP contribution in [-0.4, -0.2) is 42.2 Å². The minimum absolute atomic E-state index is 0.0716. The zero-order valence-electron chi connectivity index (χ0n) is 17.9. The van der Waals surface area contributed by atoms with Crippen LogP contribution in [0.4, 0.5) is 5.69 Å². The zero-order valence-corrected chi connectivity index (χ0v) is 19.5. The van der Waals surface area contributed by atoms with Gasteiger partial charge in [0, 0.05) is 17.8 Å². The van der Waals surface area contributed by atoms with Crippen LogP contribution < -0.4 is 14.8 Å². The summed E-state index contributed by atoms with van der Waals surface area (Å²) in [6, 6.07) is 20.1. The Morgan fingerprint density at radius 1 is 0.848 bits per heavy atom. The van der Waals surface area contributed by atoms with Gasteiger partial charge in [0.05, 0.1) is 22.7 Å². The molecule has 0 saturated carbocycles. The number of carbonyl (C=O) groups is 1. The summed E-state index contributed by atoms with van der Waals surface area (Å²) in [7, 11) is -5.83. The molecule has 3 rings (SSSR count). The largest absolute Gasteiger partial charge is 0.497 e. The molecule has 0 aliphatic rings. The predicted molar refractivity (Wildman–Crippen MR) is 126 cm³/mol. The molecule has 0 aromatic heterocycles. The van der Waals surface area contributed by atoms with Gasteiger partial charge in [0.1, 0.15) is 5.75 Å². The van der Waals surface area contributed by atoms with Crippen LogP contribution in [-0.2, 0) is 19.9 Å². The van der Waals surface area contributed by atoms with E-state index in [0.29, 0.717) is 11.4 Å². The fourth-order valence-corrected chi connectivity index (χ4v) is 5.43. The van der Waals surface area contributed by atoms with E-state index in [1.165, 1.54) is 43.5 Å². The second-order valence-electron chi connectivity index (χ2n) is 7.10. The molecule has 33 heavy (non-hydrogen) atoms. The monoisotopic (exact) mass is 488 g/mol. The fraction of sp³-hybridized carbons (Fsp3) is 0.174. The van der Waals surface area contributed by atoms with Crippen molar-refractivity contribution < 1.29 is 26.4 Å². The van der Waals surface area contributed by atoms with Gasteiger partial charge in [0.25, 0.3) is 15.9 Å². The second kappa shape index (κ2) is 10.5. The topological polar surface area (TPSA) is 119 Å². The molecule has 10 heteroatoms. The SMILES string of the molecule is COc1ccc(NS(=O)(=O)c2cccc(C(=O)NCCCS(=O)(=O)c3ccccc3)c2)cc1. The highest BCUT2D eigenvalue weighted by Gasteiger charge is 2.17. The molecule has 0 heterocycles. The molecular weight excluding hydrogens is 464 g/mol. The van der Waals surface area contributed by atoms with Gasteiger partial charge >= 0.3 is 0 Å². The van der Waals surface area contributed by atoms with Crippen molar-refractivity contribution in [1.29, 1.82) is 0 Å². The average molecular weight is 489 g/mol. The van der Waals surface area contributed by atoms with E-state index in [2.05, 4.69) is 10.0 Å². The first-order chi connectivity index (χ1) is 15.7. The summed E-state index contributed by atoms with van der Waals surface area (Å²) in [5.41, 5.74) is 0.504. The van der Waals surface area contributed by atoms with Crippen LogP contribution >= 0.6 is 0 Å². The fourth-order valence-electron chi connectivity index (χ4n) is 2.99. The van der Waals surface area contributed by atoms with Crippen molar-refractivity contribution >= 4 is 31.5 Å². The number of nitrogens with one attached hydrogen (secondary N) is 2. The lowest BCUT2D eigenvalue weighted by atomic mass is 10.2. The van der Waals surface area contributed by atoms with Crippen LogP contribution in [0, 0.1) is 0 Å². The molecule has 0 atom stereocenters. The lowest BCUT2D eigenvalue weighted by Gasteiger charge is -2.10. The molecule has 0 aliphatic carbocycles. The predicted octanol–water partition coefficient (Wildman–Crippen LogP) is 3.09. The molecule has 0 unspecified atom stereocenters. The zero-order chi connectivity index (χ0) is 23.9. The van der Waals surface area contributed by atoms with E-state index in [9.17, 15) is 21.6 Å². The van der Waals surface area contributed by atoms with Gasteiger partial charge in [0.2, 0.25) is 0 Å². The average Bonchev–Trinajstić information content (AvgIpc) is 2.82. The summed E-state index contributed by atoms with van der Waals surface area (Å²) < 4.78 is 57.5. The van der Waals surface area contributed by atoms with Gasteiger partial charge < -0.3 is 10.1 Å². The van der Waals surface area contributed by atoms with E-state index in [-0.39, 0.29) is 34.1 Å². The molecular formula is C23H24N2O6S2. The van der Waals surface area contributed by atoms with Crippen molar-refractivity contribution in [3.05, 3.63) is 84.4 Å². The summed E-state index contributed by atoms with van der Waals surface area (Å²) in [4.78, 5) is 12.6. The number of methoxy groups -OCH3 is 1. The van der Waals surface area contributed by atoms with Gasteiger partial charge in [-0.25, -0.2) is 16.8 Å². The lowest BCUT2D eigenvalue weighted by Crippen LogP contribution is -2.26. The molecule has 2 N–H and O–H groups in total. The summed E-state index contributed by atoms with van der Waals surface area (Å²) >= 11 is 0. The summed E-state index contributed by atoms with van der Waals surface area (Å²) in [6.45, 7) is 0.131. The van der Waals surface area contributed by atoms with E-state index < -0.39 is 25.8 Å². The molecule has 0 fully saturated rings. The van der Waals surface area contributed by atoms with Crippen molar-refractivity contribution in [2.45, 2.75) is 16.2 Å². The van der Waals surface area contributed by atoms with E-state index in [0.717, 1.165) is 0 Å². The van der Waals surface area contributed by atoms with Crippen molar-refractivity contribution in [3.63, 3.8) is 0 Å². The molecule has 0 spiro atoms. The second-order valence-corrected chi connectivity index (χ2v) is 10.9. The molecule has 1 amide bonds. The van der Waals surface area contributed by atoms with Crippen LogP contribution in [0.3, 0.4) is 0 Å². The summed E-state index contributed by atoms with van der Waals surface area (Å²) in [6.07, 6.45) is 0.222. The number of hydrogen-bond acceptors (Lipinski definition) is 6. The van der Waals surface area contributed by atoms with Gasteiger partial charge in [0.15, 0.2) is 9.84 Å². The van der Waals surface area contributed by atoms with Crippen LogP contribution in [0.15, 0.2) is 88.7 Å². The number of amides is 1. The molecule has 0 aliphatic heterocycles. The Morgan fingerprint density at radius 3 is 2.18 bits per heavy atom. The maximum Gasteiger partial charge on any atom is 0.261 e. The summed E-state index contributed by atoms with van der Waals surface area (Å²) in [5.74, 6) is -0.0147. The van der Waals surface area contributed by atoms with Gasteiger partial charge in [-0.3, -0.25) is 9.52 Å². The third kappa shape index (κ3) is 6.56. The number of rotatable bonds is 10. The van der Waals surface area contributed by atoms with Crippen LogP contribution in [0.1, 0.15) is 16.8 Å². The number of sulfone groups is 1. The Balaban J connectivity index is 1.59. The van der Waals surface area contributed by atoms with Gasteiger partial charge in [-0.2, -0.15) is 0 Å². The number of hydrogen-bond donors (Lipinski definition) is 2. The normalized spacial score (nSPS) is 11.5. The van der Waals surface area contributed by atoms with Crippen LogP contribution in [0.25, 0.3) is 0 Å². The van der Waals surface area contributed by atoms with Gasteiger partial charge in [-0.15, -0.1) is 0 Å². The Morgan fingerprint density at radius 2 is 1.52 bits per heavy atom. The number of sulfonamides is 1. The Hall–Kier alpha value is -3.37. The number of benzene rings is 3. The third-order valence-corrected chi connectivity index (χ3v) is 7.92. The van der Waals surface area contributed by atoms with Crippen molar-refractivity contribution in [2.75, 3.05) is 24.1 Å². The highest BCUT2D eigenvalue weighted by molar-refractivity contribution is 7.92. The molecule has 0 bridgehead atoms. The summed E-state index contributed by atoms with van der Waals surface area (Å²) in [5, 5.41) is 2.63. The third-order valence-electron chi connectivity index (χ3n) is 4.73. The Bertz CT molecular complexity index is 1310. The Kier molecular flexibility index (Phi) is 7.72. The van der Waals surface area contributed by atoms with Crippen molar-refractivity contribution in [1.82, 2.24) is 5.32 Å². The van der Waals surface area contributed by atoms with Gasteiger partial charge in [-0.05, 0) is 61.0 Å². The molecule has 3 aromatic carbocycles.